The predicted octanol–water partition coefficient (Wildman–Crippen LogP) is 2.39. The molecule has 2 atom stereocenters. The maximum absolute atomic E-state index is 12.1. The number of hydrogen-bond donors (Lipinski definition) is 0. The summed E-state index contributed by atoms with van der Waals surface area (Å²) in [5.74, 6) is 0.650. The van der Waals surface area contributed by atoms with E-state index in [1.807, 2.05) is 10.3 Å². The van der Waals surface area contributed by atoms with Gasteiger partial charge in [0.2, 0.25) is 0 Å². The lowest BCUT2D eigenvalue weighted by Gasteiger charge is -2.24. The number of carbonyl (C=O) groups is 1. The monoisotopic (exact) mass is 288 g/mol. The Morgan fingerprint density at radius 1 is 1.80 bits per heavy atom. The van der Waals surface area contributed by atoms with Gasteiger partial charge in [0.15, 0.2) is 0 Å². The normalized spacial score (nSPS) is 25.9. The molecule has 3 nitrogen and oxygen atoms in total. The first-order valence-electron chi connectivity index (χ1n) is 4.99. The number of rotatable bonds is 2. The zero-order chi connectivity index (χ0) is 10.8. The first kappa shape index (κ1) is 11.1. The molecule has 0 saturated carbocycles. The second kappa shape index (κ2) is 4.61. The van der Waals surface area contributed by atoms with Gasteiger partial charge in [0.1, 0.15) is 5.69 Å². The van der Waals surface area contributed by atoms with Crippen LogP contribution in [0.25, 0.3) is 0 Å². The Labute approximate surface area is 102 Å². The van der Waals surface area contributed by atoms with E-state index in [-0.39, 0.29) is 5.91 Å². The van der Waals surface area contributed by atoms with Crippen LogP contribution in [0.3, 0.4) is 0 Å². The predicted molar refractivity (Wildman–Crippen MR) is 64.5 cm³/mol. The van der Waals surface area contributed by atoms with E-state index in [4.69, 9.17) is 0 Å². The lowest BCUT2D eigenvalue weighted by molar-refractivity contribution is 0.0733. The molecule has 0 N–H and O–H groups in total. The molecule has 1 aliphatic heterocycles. The van der Waals surface area contributed by atoms with Gasteiger partial charge in [-0.2, -0.15) is 0 Å². The maximum atomic E-state index is 12.1. The highest BCUT2D eigenvalue weighted by atomic mass is 79.9. The molecule has 1 aromatic heterocycles. The second-order valence-corrected chi connectivity index (χ2v) is 5.23. The zero-order valence-electron chi connectivity index (χ0n) is 8.52. The smallest absolute Gasteiger partial charge is 0.273 e. The van der Waals surface area contributed by atoms with Crippen LogP contribution in [0.4, 0.5) is 0 Å². The SMILES string of the molecule is CC1CCN(C(=O)c2cscn2)C1CBr. The molecule has 1 amide bonds. The zero-order valence-corrected chi connectivity index (χ0v) is 10.9. The Bertz CT molecular complexity index is 341. The summed E-state index contributed by atoms with van der Waals surface area (Å²) in [5.41, 5.74) is 2.29. The summed E-state index contributed by atoms with van der Waals surface area (Å²) in [6.45, 7) is 3.05. The van der Waals surface area contributed by atoms with Gasteiger partial charge in [-0.15, -0.1) is 11.3 Å². The molecule has 1 saturated heterocycles. The highest BCUT2D eigenvalue weighted by Crippen LogP contribution is 2.26. The number of halogens is 1. The number of likely N-dealkylation sites (tertiary alicyclic amines) is 1. The molecular formula is C10H13BrN2OS. The Morgan fingerprint density at radius 3 is 3.20 bits per heavy atom. The fourth-order valence-electron chi connectivity index (χ4n) is 1.96. The summed E-state index contributed by atoms with van der Waals surface area (Å²) < 4.78 is 0. The minimum Gasteiger partial charge on any atom is -0.333 e. The van der Waals surface area contributed by atoms with Gasteiger partial charge < -0.3 is 4.90 Å². The molecule has 1 aliphatic rings. The minimum atomic E-state index is 0.0741. The van der Waals surface area contributed by atoms with Crippen molar-refractivity contribution in [2.45, 2.75) is 19.4 Å². The third-order valence-corrected chi connectivity index (χ3v) is 4.20. The van der Waals surface area contributed by atoms with E-state index in [1.165, 1.54) is 11.3 Å². The molecule has 2 heterocycles. The Kier molecular flexibility index (Phi) is 3.41. The van der Waals surface area contributed by atoms with E-state index in [1.54, 1.807) is 5.51 Å². The van der Waals surface area contributed by atoms with E-state index >= 15 is 0 Å². The fourth-order valence-corrected chi connectivity index (χ4v) is 3.47. The van der Waals surface area contributed by atoms with Crippen molar-refractivity contribution in [2.75, 3.05) is 11.9 Å². The van der Waals surface area contributed by atoms with Gasteiger partial charge in [0, 0.05) is 23.3 Å². The third-order valence-electron chi connectivity index (χ3n) is 2.95. The molecular weight excluding hydrogens is 276 g/mol. The summed E-state index contributed by atoms with van der Waals surface area (Å²) in [5, 5.41) is 2.67. The number of thiazole rings is 1. The molecule has 1 fully saturated rings. The molecule has 1 aromatic rings. The van der Waals surface area contributed by atoms with Crippen molar-refractivity contribution in [3.8, 4) is 0 Å². The quantitative estimate of drug-likeness (QED) is 0.783. The molecule has 0 aromatic carbocycles. The van der Waals surface area contributed by atoms with Gasteiger partial charge in [-0.1, -0.05) is 22.9 Å². The van der Waals surface area contributed by atoms with E-state index in [0.29, 0.717) is 17.7 Å². The highest BCUT2D eigenvalue weighted by molar-refractivity contribution is 9.09. The molecule has 2 rings (SSSR count). The van der Waals surface area contributed by atoms with Gasteiger partial charge >= 0.3 is 0 Å². The van der Waals surface area contributed by atoms with Crippen molar-refractivity contribution in [3.05, 3.63) is 16.6 Å². The van der Waals surface area contributed by atoms with Crippen LogP contribution in [-0.4, -0.2) is 33.7 Å². The van der Waals surface area contributed by atoms with Gasteiger partial charge in [-0.25, -0.2) is 4.98 Å². The molecule has 0 radical (unpaired) electrons. The van der Waals surface area contributed by atoms with Crippen LogP contribution in [0.2, 0.25) is 0 Å². The number of nitrogens with zero attached hydrogens (tertiary/aromatic N) is 2. The molecule has 0 aliphatic carbocycles. The van der Waals surface area contributed by atoms with Gasteiger partial charge in [0.25, 0.3) is 5.91 Å². The summed E-state index contributed by atoms with van der Waals surface area (Å²) in [4.78, 5) is 18.1. The largest absolute Gasteiger partial charge is 0.333 e. The summed E-state index contributed by atoms with van der Waals surface area (Å²) >= 11 is 4.94. The number of amides is 1. The van der Waals surface area contributed by atoms with Crippen molar-refractivity contribution in [1.29, 1.82) is 0 Å². The molecule has 2 unspecified atom stereocenters. The summed E-state index contributed by atoms with van der Waals surface area (Å²) in [6, 6.07) is 0.319. The number of hydrogen-bond acceptors (Lipinski definition) is 3. The fraction of sp³-hybridized carbons (Fsp3) is 0.600. The van der Waals surface area contributed by atoms with Gasteiger partial charge in [0.05, 0.1) is 5.51 Å². The van der Waals surface area contributed by atoms with Gasteiger partial charge in [-0.05, 0) is 12.3 Å². The van der Waals surface area contributed by atoms with E-state index in [0.717, 1.165) is 18.3 Å². The summed E-state index contributed by atoms with van der Waals surface area (Å²) in [6.07, 6.45) is 1.09. The molecule has 0 spiro atoms. The van der Waals surface area contributed by atoms with Crippen LogP contribution in [0.1, 0.15) is 23.8 Å². The number of alkyl halides is 1. The number of carbonyl (C=O) groups excluding carboxylic acids is 1. The number of aromatic nitrogens is 1. The van der Waals surface area contributed by atoms with Crippen LogP contribution < -0.4 is 0 Å². The van der Waals surface area contributed by atoms with Crippen LogP contribution in [0.15, 0.2) is 10.9 Å². The summed E-state index contributed by atoms with van der Waals surface area (Å²) in [7, 11) is 0. The van der Waals surface area contributed by atoms with Gasteiger partial charge in [-0.3, -0.25) is 4.79 Å². The lowest BCUT2D eigenvalue weighted by Crippen LogP contribution is -2.38. The molecule has 82 valence electrons. The van der Waals surface area contributed by atoms with Crippen molar-refractivity contribution in [1.82, 2.24) is 9.88 Å². The topological polar surface area (TPSA) is 33.2 Å². The molecule has 15 heavy (non-hydrogen) atoms. The van der Waals surface area contributed by atoms with Crippen LogP contribution in [0.5, 0.6) is 0 Å². The Morgan fingerprint density at radius 2 is 2.60 bits per heavy atom. The third kappa shape index (κ3) is 2.08. The molecule has 5 heteroatoms. The van der Waals surface area contributed by atoms with Crippen molar-refractivity contribution < 1.29 is 4.79 Å². The highest BCUT2D eigenvalue weighted by Gasteiger charge is 2.34. The first-order valence-corrected chi connectivity index (χ1v) is 7.05. The standard InChI is InChI=1S/C10H13BrN2OS/c1-7-2-3-13(9(7)4-11)10(14)8-5-15-6-12-8/h5-7,9H,2-4H2,1H3. The van der Waals surface area contributed by atoms with E-state index < -0.39 is 0 Å². The second-order valence-electron chi connectivity index (χ2n) is 3.86. The van der Waals surface area contributed by atoms with Crippen LogP contribution in [0, 0.1) is 5.92 Å². The molecule has 0 bridgehead atoms. The van der Waals surface area contributed by atoms with Crippen LogP contribution in [-0.2, 0) is 0 Å². The van der Waals surface area contributed by atoms with Crippen LogP contribution >= 0.6 is 27.3 Å². The van der Waals surface area contributed by atoms with Crippen molar-refractivity contribution in [3.63, 3.8) is 0 Å². The average molecular weight is 289 g/mol. The Hall–Kier alpha value is -0.420. The first-order chi connectivity index (χ1) is 7.24. The lowest BCUT2D eigenvalue weighted by atomic mass is 10.1. The van der Waals surface area contributed by atoms with Crippen molar-refractivity contribution in [2.24, 2.45) is 5.92 Å². The Balaban J connectivity index is 2.14. The van der Waals surface area contributed by atoms with E-state index in [2.05, 4.69) is 27.8 Å². The van der Waals surface area contributed by atoms with Crippen molar-refractivity contribution >= 4 is 33.2 Å². The van der Waals surface area contributed by atoms with E-state index in [9.17, 15) is 4.79 Å². The average Bonchev–Trinajstić information content (AvgIpc) is 2.85. The maximum Gasteiger partial charge on any atom is 0.273 e. The minimum absolute atomic E-state index is 0.0741.